The number of nitrogens with two attached hydrogens (primary N) is 1. The van der Waals surface area contributed by atoms with Gasteiger partial charge in [-0.1, -0.05) is 48.6 Å². The lowest BCUT2D eigenvalue weighted by atomic mass is 9.73. The Morgan fingerprint density at radius 3 is 2.76 bits per heavy atom. The number of hydrogen-bond acceptors (Lipinski definition) is 3. The fourth-order valence-corrected chi connectivity index (χ4v) is 3.89. The predicted molar refractivity (Wildman–Crippen MR) is 97.5 cm³/mol. The van der Waals surface area contributed by atoms with Gasteiger partial charge in [-0.25, -0.2) is 9.38 Å². The molecule has 3 aliphatic rings. The van der Waals surface area contributed by atoms with Gasteiger partial charge in [0.1, 0.15) is 18.0 Å². The van der Waals surface area contributed by atoms with Crippen molar-refractivity contribution in [1.29, 1.82) is 0 Å². The lowest BCUT2D eigenvalue weighted by molar-refractivity contribution is 0.211. The number of hydrogen-bond donors (Lipinski definition) is 1. The molecule has 1 aliphatic heterocycles. The summed E-state index contributed by atoms with van der Waals surface area (Å²) in [7, 11) is 0. The molecule has 0 bridgehead atoms. The van der Waals surface area contributed by atoms with Gasteiger partial charge >= 0.3 is 0 Å². The summed E-state index contributed by atoms with van der Waals surface area (Å²) in [5.74, 6) is -0.0247. The lowest BCUT2D eigenvalue weighted by Gasteiger charge is -2.34. The van der Waals surface area contributed by atoms with Crippen LogP contribution >= 0.6 is 0 Å². The van der Waals surface area contributed by atoms with Crippen LogP contribution < -0.4 is 5.73 Å². The Morgan fingerprint density at radius 1 is 1.20 bits per heavy atom. The molecular formula is C21H21FN2O. The van der Waals surface area contributed by atoms with Crippen molar-refractivity contribution >= 4 is 6.02 Å². The Morgan fingerprint density at radius 2 is 2.04 bits per heavy atom. The van der Waals surface area contributed by atoms with Gasteiger partial charge in [0.15, 0.2) is 0 Å². The van der Waals surface area contributed by atoms with Crippen LogP contribution in [-0.2, 0) is 10.3 Å². The van der Waals surface area contributed by atoms with Crippen molar-refractivity contribution in [3.8, 4) is 0 Å². The van der Waals surface area contributed by atoms with E-state index >= 15 is 0 Å². The number of nitrogens with zero attached hydrogens (tertiary/aromatic N) is 1. The van der Waals surface area contributed by atoms with E-state index in [-0.39, 0.29) is 17.8 Å². The minimum Gasteiger partial charge on any atom is -0.462 e. The molecule has 2 N–H and O–H groups in total. The van der Waals surface area contributed by atoms with Crippen molar-refractivity contribution < 1.29 is 9.13 Å². The van der Waals surface area contributed by atoms with Gasteiger partial charge < -0.3 is 10.5 Å². The summed E-state index contributed by atoms with van der Waals surface area (Å²) in [6.07, 6.45) is 12.0. The Bertz CT molecular complexity index is 820. The van der Waals surface area contributed by atoms with Crippen LogP contribution in [0.5, 0.6) is 0 Å². The predicted octanol–water partition coefficient (Wildman–Crippen LogP) is 4.30. The molecule has 0 fully saturated rings. The van der Waals surface area contributed by atoms with Crippen molar-refractivity contribution in [2.24, 2.45) is 16.6 Å². The number of halogens is 1. The minimum absolute atomic E-state index is 0.116. The molecule has 0 saturated heterocycles. The van der Waals surface area contributed by atoms with Crippen molar-refractivity contribution in [2.45, 2.75) is 24.8 Å². The van der Waals surface area contributed by atoms with Gasteiger partial charge in [0, 0.05) is 5.92 Å². The molecule has 1 aromatic rings. The summed E-state index contributed by atoms with van der Waals surface area (Å²) in [6.45, 7) is 0.429. The fraction of sp³-hybridized carbons (Fsp3) is 0.286. The van der Waals surface area contributed by atoms with E-state index < -0.39 is 5.54 Å². The molecule has 1 heterocycles. The Balaban J connectivity index is 1.68. The molecule has 4 rings (SSSR count). The first-order valence-electron chi connectivity index (χ1n) is 8.65. The average molecular weight is 336 g/mol. The summed E-state index contributed by atoms with van der Waals surface area (Å²) in [4.78, 5) is 4.70. The summed E-state index contributed by atoms with van der Waals surface area (Å²) in [5, 5.41) is 0. The summed E-state index contributed by atoms with van der Waals surface area (Å²) in [5.41, 5.74) is 8.69. The van der Waals surface area contributed by atoms with Gasteiger partial charge in [-0.05, 0) is 48.1 Å². The third kappa shape index (κ3) is 2.93. The maximum Gasteiger partial charge on any atom is 0.283 e. The van der Waals surface area contributed by atoms with Crippen LogP contribution in [0, 0.1) is 5.92 Å². The van der Waals surface area contributed by atoms with E-state index in [2.05, 4.69) is 30.4 Å². The van der Waals surface area contributed by atoms with Crippen molar-refractivity contribution in [2.75, 3.05) is 6.61 Å². The Kier molecular flexibility index (Phi) is 4.04. The normalized spacial score (nSPS) is 28.6. The van der Waals surface area contributed by atoms with Gasteiger partial charge in [-0.3, -0.25) is 0 Å². The first-order valence-corrected chi connectivity index (χ1v) is 8.65. The second kappa shape index (κ2) is 6.36. The number of amidine groups is 1. The fourth-order valence-electron chi connectivity index (χ4n) is 3.89. The van der Waals surface area contributed by atoms with Crippen molar-refractivity contribution in [3.05, 3.63) is 83.2 Å². The first kappa shape index (κ1) is 15.9. The molecule has 128 valence electrons. The van der Waals surface area contributed by atoms with Crippen LogP contribution in [0.1, 0.15) is 24.8 Å². The molecule has 3 nitrogen and oxygen atoms in total. The zero-order valence-electron chi connectivity index (χ0n) is 14.0. The Hall–Kier alpha value is -2.62. The van der Waals surface area contributed by atoms with Gasteiger partial charge in [0.25, 0.3) is 6.02 Å². The number of allylic oxidation sites excluding steroid dienone is 7. The van der Waals surface area contributed by atoms with E-state index in [1.165, 1.54) is 5.57 Å². The highest BCUT2D eigenvalue weighted by atomic mass is 19.1. The van der Waals surface area contributed by atoms with E-state index in [1.54, 1.807) is 12.2 Å². The largest absolute Gasteiger partial charge is 0.462 e. The zero-order chi connectivity index (χ0) is 17.3. The van der Waals surface area contributed by atoms with Crippen LogP contribution in [-0.4, -0.2) is 12.6 Å². The molecular weight excluding hydrogens is 315 g/mol. The molecule has 2 unspecified atom stereocenters. The van der Waals surface area contributed by atoms with Gasteiger partial charge in [-0.2, -0.15) is 0 Å². The standard InChI is InChI=1S/C21H21FN2O/c22-19-11-5-7-16(13-19)15-6-4-10-18(12-15)21(14-25-20(23)24-21)17-8-2-1-3-9-17/h1-4,6,8-11,13,18H,5,7,12,14H2,(H2,23,24). The number of benzene rings is 1. The van der Waals surface area contributed by atoms with Gasteiger partial charge in [-0.15, -0.1) is 0 Å². The molecule has 2 atom stereocenters. The summed E-state index contributed by atoms with van der Waals surface area (Å²) in [6, 6.07) is 10.4. The number of rotatable bonds is 3. The van der Waals surface area contributed by atoms with Crippen LogP contribution in [0.3, 0.4) is 0 Å². The lowest BCUT2D eigenvalue weighted by Crippen LogP contribution is -2.35. The molecule has 0 amide bonds. The molecule has 4 heteroatoms. The van der Waals surface area contributed by atoms with Gasteiger partial charge in [0.05, 0.1) is 0 Å². The van der Waals surface area contributed by atoms with E-state index in [0.29, 0.717) is 6.61 Å². The second-order valence-electron chi connectivity index (χ2n) is 6.71. The monoisotopic (exact) mass is 336 g/mol. The zero-order valence-corrected chi connectivity index (χ0v) is 14.0. The van der Waals surface area contributed by atoms with Gasteiger partial charge in [0.2, 0.25) is 0 Å². The molecule has 1 aromatic carbocycles. The molecule has 0 spiro atoms. The van der Waals surface area contributed by atoms with E-state index in [4.69, 9.17) is 15.5 Å². The highest BCUT2D eigenvalue weighted by molar-refractivity contribution is 5.74. The molecule has 0 aromatic heterocycles. The van der Waals surface area contributed by atoms with E-state index in [1.807, 2.05) is 18.2 Å². The quantitative estimate of drug-likeness (QED) is 0.894. The topological polar surface area (TPSA) is 47.6 Å². The molecule has 2 aliphatic carbocycles. The molecule has 25 heavy (non-hydrogen) atoms. The van der Waals surface area contributed by atoms with Crippen LogP contribution in [0.2, 0.25) is 0 Å². The number of ether oxygens (including phenoxy) is 1. The SMILES string of the molecule is NC1=NC(c2ccccc2)(C2C=CC=C(C3=CC(F)=CCC3)C2)CO1. The van der Waals surface area contributed by atoms with Crippen LogP contribution in [0.25, 0.3) is 0 Å². The van der Waals surface area contributed by atoms with E-state index in [9.17, 15) is 4.39 Å². The van der Waals surface area contributed by atoms with Crippen LogP contribution in [0.4, 0.5) is 4.39 Å². The Labute approximate surface area is 147 Å². The first-order chi connectivity index (χ1) is 12.2. The number of aliphatic imine (C=N–C) groups is 1. The highest BCUT2D eigenvalue weighted by Gasteiger charge is 2.44. The maximum absolute atomic E-state index is 13.7. The average Bonchev–Trinajstić information content (AvgIpc) is 3.06. The van der Waals surface area contributed by atoms with Crippen molar-refractivity contribution in [3.63, 3.8) is 0 Å². The second-order valence-corrected chi connectivity index (χ2v) is 6.71. The third-order valence-corrected chi connectivity index (χ3v) is 5.20. The van der Waals surface area contributed by atoms with Crippen LogP contribution in [0.15, 0.2) is 82.7 Å². The summed E-state index contributed by atoms with van der Waals surface area (Å²) >= 11 is 0. The molecule has 0 radical (unpaired) electrons. The maximum atomic E-state index is 13.7. The highest BCUT2D eigenvalue weighted by Crippen LogP contribution is 2.44. The van der Waals surface area contributed by atoms with E-state index in [0.717, 1.165) is 30.4 Å². The minimum atomic E-state index is -0.523. The third-order valence-electron chi connectivity index (χ3n) is 5.20. The molecule has 0 saturated carbocycles. The summed E-state index contributed by atoms with van der Waals surface area (Å²) < 4.78 is 19.2. The smallest absolute Gasteiger partial charge is 0.283 e. The van der Waals surface area contributed by atoms with Crippen molar-refractivity contribution in [1.82, 2.24) is 0 Å².